The van der Waals surface area contributed by atoms with Crippen molar-refractivity contribution in [2.75, 3.05) is 10.6 Å². The fraction of sp³-hybridized carbons (Fsp3) is 0.278. The predicted octanol–water partition coefficient (Wildman–Crippen LogP) is 4.47. The molecule has 0 bridgehead atoms. The van der Waals surface area contributed by atoms with Crippen molar-refractivity contribution in [2.24, 2.45) is 5.73 Å². The summed E-state index contributed by atoms with van der Waals surface area (Å²) in [4.78, 5) is 12.0. The second kappa shape index (κ2) is 7.09. The minimum atomic E-state index is -0.258. The highest BCUT2D eigenvalue weighted by molar-refractivity contribution is 5.99. The molecule has 0 fully saturated rings. The molecule has 116 valence electrons. The van der Waals surface area contributed by atoms with E-state index in [0.29, 0.717) is 5.92 Å². The number of rotatable bonds is 4. The molecule has 0 saturated carbocycles. The SMILES string of the molecule is CC(C)c1ccc(NC(=O)Nc2ccc(C(C)N)cc2)cc1. The number of amides is 2. The molecule has 0 aromatic heterocycles. The summed E-state index contributed by atoms with van der Waals surface area (Å²) in [6.07, 6.45) is 0. The third kappa shape index (κ3) is 4.33. The summed E-state index contributed by atoms with van der Waals surface area (Å²) >= 11 is 0. The summed E-state index contributed by atoms with van der Waals surface area (Å²) in [5.41, 5.74) is 9.59. The van der Waals surface area contributed by atoms with Crippen molar-refractivity contribution >= 4 is 17.4 Å². The van der Waals surface area contributed by atoms with Gasteiger partial charge in [-0.25, -0.2) is 4.79 Å². The van der Waals surface area contributed by atoms with Crippen molar-refractivity contribution in [3.8, 4) is 0 Å². The number of hydrogen-bond acceptors (Lipinski definition) is 2. The number of anilines is 2. The van der Waals surface area contributed by atoms with Crippen LogP contribution in [-0.4, -0.2) is 6.03 Å². The van der Waals surface area contributed by atoms with Crippen molar-refractivity contribution in [3.05, 3.63) is 59.7 Å². The van der Waals surface area contributed by atoms with Gasteiger partial charge in [0.25, 0.3) is 0 Å². The van der Waals surface area contributed by atoms with Gasteiger partial charge in [-0.1, -0.05) is 38.1 Å². The molecule has 0 aliphatic carbocycles. The van der Waals surface area contributed by atoms with Gasteiger partial charge in [-0.2, -0.15) is 0 Å². The van der Waals surface area contributed by atoms with Gasteiger partial charge in [0.15, 0.2) is 0 Å². The lowest BCUT2D eigenvalue weighted by atomic mass is 10.0. The Hall–Kier alpha value is -2.33. The zero-order valence-corrected chi connectivity index (χ0v) is 13.3. The normalized spacial score (nSPS) is 12.0. The van der Waals surface area contributed by atoms with Crippen LogP contribution in [-0.2, 0) is 0 Å². The third-order valence-electron chi connectivity index (χ3n) is 3.53. The van der Waals surface area contributed by atoms with Gasteiger partial charge in [0, 0.05) is 17.4 Å². The first-order valence-corrected chi connectivity index (χ1v) is 7.49. The molecule has 0 heterocycles. The number of carbonyl (C=O) groups excluding carboxylic acids is 1. The monoisotopic (exact) mass is 297 g/mol. The average Bonchev–Trinajstić information content (AvgIpc) is 2.48. The molecule has 0 saturated heterocycles. The summed E-state index contributed by atoms with van der Waals surface area (Å²) in [6.45, 7) is 6.21. The van der Waals surface area contributed by atoms with Crippen LogP contribution in [0.1, 0.15) is 43.9 Å². The number of benzene rings is 2. The molecule has 2 amide bonds. The third-order valence-corrected chi connectivity index (χ3v) is 3.53. The Kier molecular flexibility index (Phi) is 5.17. The zero-order chi connectivity index (χ0) is 16.1. The van der Waals surface area contributed by atoms with Gasteiger partial charge in [0.05, 0.1) is 0 Å². The van der Waals surface area contributed by atoms with Crippen LogP contribution in [0.2, 0.25) is 0 Å². The van der Waals surface area contributed by atoms with E-state index in [1.165, 1.54) is 5.56 Å². The number of carbonyl (C=O) groups is 1. The number of nitrogens with two attached hydrogens (primary N) is 1. The lowest BCUT2D eigenvalue weighted by molar-refractivity contribution is 0.262. The summed E-state index contributed by atoms with van der Waals surface area (Å²) in [6, 6.07) is 15.1. The van der Waals surface area contributed by atoms with E-state index >= 15 is 0 Å². The molecule has 0 aliphatic rings. The van der Waals surface area contributed by atoms with Crippen molar-refractivity contribution < 1.29 is 4.79 Å². The number of urea groups is 1. The minimum absolute atomic E-state index is 0.0117. The standard InChI is InChI=1S/C18H23N3O/c1-12(2)14-4-8-16(9-5-14)20-18(22)21-17-10-6-15(7-11-17)13(3)19/h4-13H,19H2,1-3H3,(H2,20,21,22). The molecular weight excluding hydrogens is 274 g/mol. The molecule has 22 heavy (non-hydrogen) atoms. The molecule has 1 atom stereocenters. The second-order valence-corrected chi connectivity index (χ2v) is 5.77. The van der Waals surface area contributed by atoms with Gasteiger partial charge in [0.1, 0.15) is 0 Å². The van der Waals surface area contributed by atoms with Gasteiger partial charge >= 0.3 is 6.03 Å². The highest BCUT2D eigenvalue weighted by Gasteiger charge is 2.05. The fourth-order valence-corrected chi connectivity index (χ4v) is 2.11. The van der Waals surface area contributed by atoms with Crippen LogP contribution < -0.4 is 16.4 Å². The highest BCUT2D eigenvalue weighted by Crippen LogP contribution is 2.18. The smallest absolute Gasteiger partial charge is 0.323 e. The van der Waals surface area contributed by atoms with E-state index in [0.717, 1.165) is 16.9 Å². The molecule has 2 rings (SSSR count). The summed E-state index contributed by atoms with van der Waals surface area (Å²) in [7, 11) is 0. The van der Waals surface area contributed by atoms with E-state index in [2.05, 4.69) is 24.5 Å². The molecule has 0 spiro atoms. The molecular formula is C18H23N3O. The van der Waals surface area contributed by atoms with E-state index in [-0.39, 0.29) is 12.1 Å². The van der Waals surface area contributed by atoms with Crippen LogP contribution in [0.3, 0.4) is 0 Å². The number of nitrogens with one attached hydrogen (secondary N) is 2. The van der Waals surface area contributed by atoms with Gasteiger partial charge in [-0.05, 0) is 48.2 Å². The van der Waals surface area contributed by atoms with E-state index in [1.54, 1.807) is 0 Å². The van der Waals surface area contributed by atoms with Crippen LogP contribution in [0.15, 0.2) is 48.5 Å². The van der Waals surface area contributed by atoms with Crippen LogP contribution in [0.4, 0.5) is 16.2 Å². The molecule has 4 heteroatoms. The first-order valence-electron chi connectivity index (χ1n) is 7.49. The summed E-state index contributed by atoms with van der Waals surface area (Å²) in [5.74, 6) is 0.478. The van der Waals surface area contributed by atoms with Crippen LogP contribution >= 0.6 is 0 Å². The van der Waals surface area contributed by atoms with Crippen molar-refractivity contribution in [2.45, 2.75) is 32.7 Å². The van der Waals surface area contributed by atoms with Crippen molar-refractivity contribution in [1.82, 2.24) is 0 Å². The quantitative estimate of drug-likeness (QED) is 0.779. The average molecular weight is 297 g/mol. The Balaban J connectivity index is 1.94. The topological polar surface area (TPSA) is 67.2 Å². The second-order valence-electron chi connectivity index (χ2n) is 5.77. The van der Waals surface area contributed by atoms with E-state index < -0.39 is 0 Å². The maximum absolute atomic E-state index is 12.0. The molecule has 2 aromatic carbocycles. The van der Waals surface area contributed by atoms with E-state index in [4.69, 9.17) is 5.73 Å². The first-order chi connectivity index (χ1) is 10.5. The van der Waals surface area contributed by atoms with E-state index in [9.17, 15) is 4.79 Å². The Morgan fingerprint density at radius 3 is 1.59 bits per heavy atom. The fourth-order valence-electron chi connectivity index (χ4n) is 2.11. The lowest BCUT2D eigenvalue weighted by Gasteiger charge is -2.11. The Morgan fingerprint density at radius 1 is 0.818 bits per heavy atom. The van der Waals surface area contributed by atoms with Gasteiger partial charge in [-0.15, -0.1) is 0 Å². The Morgan fingerprint density at radius 2 is 1.23 bits per heavy atom. The Bertz CT molecular complexity index is 560. The maximum atomic E-state index is 12.0. The zero-order valence-electron chi connectivity index (χ0n) is 13.3. The summed E-state index contributed by atoms with van der Waals surface area (Å²) in [5, 5.41) is 5.62. The van der Waals surface area contributed by atoms with Gasteiger partial charge in [0.2, 0.25) is 0 Å². The van der Waals surface area contributed by atoms with Gasteiger partial charge in [-0.3, -0.25) is 0 Å². The number of hydrogen-bond donors (Lipinski definition) is 3. The van der Waals surface area contributed by atoms with Crippen LogP contribution in [0.25, 0.3) is 0 Å². The molecule has 4 N–H and O–H groups in total. The Labute approximate surface area is 131 Å². The first kappa shape index (κ1) is 16.0. The molecule has 0 aliphatic heterocycles. The lowest BCUT2D eigenvalue weighted by Crippen LogP contribution is -2.19. The maximum Gasteiger partial charge on any atom is 0.323 e. The van der Waals surface area contributed by atoms with Crippen LogP contribution in [0.5, 0.6) is 0 Å². The van der Waals surface area contributed by atoms with E-state index in [1.807, 2.05) is 55.5 Å². The van der Waals surface area contributed by atoms with Crippen molar-refractivity contribution in [1.29, 1.82) is 0 Å². The van der Waals surface area contributed by atoms with Gasteiger partial charge < -0.3 is 16.4 Å². The predicted molar refractivity (Wildman–Crippen MR) is 92.2 cm³/mol. The minimum Gasteiger partial charge on any atom is -0.324 e. The molecule has 4 nitrogen and oxygen atoms in total. The van der Waals surface area contributed by atoms with Crippen LogP contribution in [0, 0.1) is 0 Å². The summed E-state index contributed by atoms with van der Waals surface area (Å²) < 4.78 is 0. The van der Waals surface area contributed by atoms with Crippen molar-refractivity contribution in [3.63, 3.8) is 0 Å². The molecule has 1 unspecified atom stereocenters. The molecule has 2 aromatic rings. The highest BCUT2D eigenvalue weighted by atomic mass is 16.2. The largest absolute Gasteiger partial charge is 0.324 e. The molecule has 0 radical (unpaired) electrons.